The molecule has 1 amide bonds. The van der Waals surface area contributed by atoms with Crippen LogP contribution in [0, 0.1) is 6.92 Å². The molecule has 38 heavy (non-hydrogen) atoms. The van der Waals surface area contributed by atoms with Gasteiger partial charge in [0.1, 0.15) is 5.52 Å². The monoisotopic (exact) mass is 510 g/mol. The first-order chi connectivity index (χ1) is 18.4. The fourth-order valence-electron chi connectivity index (χ4n) is 5.67. The zero-order valence-electron chi connectivity index (χ0n) is 22.5. The molecule has 0 saturated carbocycles. The molecule has 0 bridgehead atoms. The highest BCUT2D eigenvalue weighted by atomic mass is 16.5. The minimum absolute atomic E-state index is 0.0388. The molecule has 0 saturated heterocycles. The SMILES string of the molecule is CCOC(=O)CC(c1ccc2c(c1)CN(C(=O)c1ccccc1)CC2C)c1ccc2c(nnn2CC)c1C. The van der Waals surface area contributed by atoms with Crippen molar-refractivity contribution in [3.05, 3.63) is 94.0 Å². The average Bonchev–Trinajstić information content (AvgIpc) is 3.36. The lowest BCUT2D eigenvalue weighted by Crippen LogP contribution is -2.37. The lowest BCUT2D eigenvalue weighted by molar-refractivity contribution is -0.143. The number of carbonyl (C=O) groups is 2. The predicted molar refractivity (Wildman–Crippen MR) is 147 cm³/mol. The summed E-state index contributed by atoms with van der Waals surface area (Å²) in [5.41, 5.74) is 7.99. The van der Waals surface area contributed by atoms with Crippen molar-refractivity contribution in [3.63, 3.8) is 0 Å². The van der Waals surface area contributed by atoms with Crippen molar-refractivity contribution in [2.24, 2.45) is 0 Å². The van der Waals surface area contributed by atoms with Crippen LogP contribution < -0.4 is 0 Å². The minimum Gasteiger partial charge on any atom is -0.466 e. The van der Waals surface area contributed by atoms with Gasteiger partial charge in [-0.05, 0) is 72.7 Å². The van der Waals surface area contributed by atoms with Crippen molar-refractivity contribution in [2.75, 3.05) is 13.2 Å². The molecule has 5 rings (SSSR count). The van der Waals surface area contributed by atoms with Crippen LogP contribution in [0.1, 0.15) is 77.2 Å². The second-order valence-corrected chi connectivity index (χ2v) is 10.0. The summed E-state index contributed by atoms with van der Waals surface area (Å²) in [5.74, 6) is -0.185. The molecule has 0 N–H and O–H groups in total. The highest BCUT2D eigenvalue weighted by Crippen LogP contribution is 2.37. The van der Waals surface area contributed by atoms with Gasteiger partial charge in [-0.25, -0.2) is 4.68 Å². The van der Waals surface area contributed by atoms with E-state index in [1.54, 1.807) is 0 Å². The van der Waals surface area contributed by atoms with E-state index < -0.39 is 0 Å². The van der Waals surface area contributed by atoms with E-state index >= 15 is 0 Å². The van der Waals surface area contributed by atoms with Crippen LogP contribution in [0.15, 0.2) is 60.7 Å². The number of carbonyl (C=O) groups excluding carboxylic acids is 2. The molecule has 1 aliphatic rings. The molecular weight excluding hydrogens is 476 g/mol. The molecule has 2 atom stereocenters. The highest BCUT2D eigenvalue weighted by molar-refractivity contribution is 5.94. The molecule has 7 nitrogen and oxygen atoms in total. The Balaban J connectivity index is 1.54. The lowest BCUT2D eigenvalue weighted by atomic mass is 9.82. The Morgan fingerprint density at radius 2 is 1.87 bits per heavy atom. The van der Waals surface area contributed by atoms with Crippen molar-refractivity contribution >= 4 is 22.9 Å². The molecule has 196 valence electrons. The first kappa shape index (κ1) is 25.6. The third-order valence-electron chi connectivity index (χ3n) is 7.60. The number of ether oxygens (including phenoxy) is 1. The molecule has 1 aliphatic heterocycles. The molecular formula is C31H34N4O3. The van der Waals surface area contributed by atoms with E-state index in [9.17, 15) is 9.59 Å². The van der Waals surface area contributed by atoms with Gasteiger partial charge in [0.25, 0.3) is 5.91 Å². The summed E-state index contributed by atoms with van der Waals surface area (Å²) in [6.45, 7) is 10.4. The quantitative estimate of drug-likeness (QED) is 0.302. The average molecular weight is 511 g/mol. The van der Waals surface area contributed by atoms with Gasteiger partial charge in [0, 0.05) is 31.1 Å². The van der Waals surface area contributed by atoms with Gasteiger partial charge in [0.15, 0.2) is 0 Å². The third kappa shape index (κ3) is 4.80. The summed E-state index contributed by atoms with van der Waals surface area (Å²) in [4.78, 5) is 27.9. The Kier molecular flexibility index (Phi) is 7.27. The number of fused-ring (bicyclic) bond motifs is 2. The molecule has 0 aliphatic carbocycles. The maximum Gasteiger partial charge on any atom is 0.306 e. The Morgan fingerprint density at radius 3 is 2.61 bits per heavy atom. The molecule has 0 radical (unpaired) electrons. The molecule has 0 fully saturated rings. The van der Waals surface area contributed by atoms with Crippen molar-refractivity contribution in [2.45, 2.75) is 59.0 Å². The van der Waals surface area contributed by atoms with Crippen LogP contribution in [-0.2, 0) is 22.6 Å². The van der Waals surface area contributed by atoms with Crippen LogP contribution in [0.4, 0.5) is 0 Å². The number of benzene rings is 3. The van der Waals surface area contributed by atoms with E-state index in [4.69, 9.17) is 4.74 Å². The van der Waals surface area contributed by atoms with E-state index in [1.165, 1.54) is 5.56 Å². The standard InChI is InChI=1S/C31H34N4O3/c1-5-35-28-15-14-26(21(4)30(28)32-33-35)27(17-29(36)38-6-2)23-12-13-25-20(3)18-34(19-24(25)16-23)31(37)22-10-8-7-9-11-22/h7-16,20,27H,5-6,17-19H2,1-4H3. The topological polar surface area (TPSA) is 77.3 Å². The zero-order chi connectivity index (χ0) is 26.8. The smallest absolute Gasteiger partial charge is 0.306 e. The Labute approximate surface area is 223 Å². The summed E-state index contributed by atoms with van der Waals surface area (Å²) in [6, 6.07) is 20.0. The second-order valence-electron chi connectivity index (χ2n) is 10.0. The van der Waals surface area contributed by atoms with Crippen molar-refractivity contribution in [1.82, 2.24) is 19.9 Å². The van der Waals surface area contributed by atoms with Gasteiger partial charge in [0.2, 0.25) is 0 Å². The fraction of sp³-hybridized carbons (Fsp3) is 0.355. The van der Waals surface area contributed by atoms with E-state index in [1.807, 2.05) is 66.8 Å². The van der Waals surface area contributed by atoms with Crippen LogP contribution in [0.3, 0.4) is 0 Å². The summed E-state index contributed by atoms with van der Waals surface area (Å²) in [7, 11) is 0. The summed E-state index contributed by atoms with van der Waals surface area (Å²) in [5, 5.41) is 8.72. The summed E-state index contributed by atoms with van der Waals surface area (Å²) >= 11 is 0. The first-order valence-electron chi connectivity index (χ1n) is 13.4. The largest absolute Gasteiger partial charge is 0.466 e. The maximum absolute atomic E-state index is 13.3. The van der Waals surface area contributed by atoms with Gasteiger partial charge in [-0.3, -0.25) is 9.59 Å². The minimum atomic E-state index is -0.235. The van der Waals surface area contributed by atoms with Gasteiger partial charge in [-0.2, -0.15) is 0 Å². The maximum atomic E-state index is 13.3. The second kappa shape index (κ2) is 10.8. The van der Waals surface area contributed by atoms with E-state index in [0.717, 1.165) is 39.8 Å². The van der Waals surface area contributed by atoms with Crippen LogP contribution in [0.5, 0.6) is 0 Å². The van der Waals surface area contributed by atoms with Crippen LogP contribution in [0.2, 0.25) is 0 Å². The van der Waals surface area contributed by atoms with E-state index in [2.05, 4.69) is 41.5 Å². The van der Waals surface area contributed by atoms with Crippen LogP contribution in [0.25, 0.3) is 11.0 Å². The molecule has 1 aromatic heterocycles. The summed E-state index contributed by atoms with van der Waals surface area (Å²) in [6.07, 6.45) is 0.225. The number of esters is 1. The first-order valence-corrected chi connectivity index (χ1v) is 13.4. The number of amides is 1. The Bertz CT molecular complexity index is 1480. The fourth-order valence-corrected chi connectivity index (χ4v) is 5.67. The Hall–Kier alpha value is -4.00. The molecule has 3 aromatic carbocycles. The number of aromatic nitrogens is 3. The number of hydrogen-bond acceptors (Lipinski definition) is 5. The van der Waals surface area contributed by atoms with Crippen LogP contribution in [-0.4, -0.2) is 44.9 Å². The van der Waals surface area contributed by atoms with Gasteiger partial charge < -0.3 is 9.64 Å². The number of hydrogen-bond donors (Lipinski definition) is 0. The van der Waals surface area contributed by atoms with Crippen LogP contribution >= 0.6 is 0 Å². The molecule has 7 heteroatoms. The Morgan fingerprint density at radius 1 is 1.08 bits per heavy atom. The van der Waals surface area contributed by atoms with Gasteiger partial charge in [0.05, 0.1) is 18.5 Å². The highest BCUT2D eigenvalue weighted by Gasteiger charge is 2.29. The predicted octanol–water partition coefficient (Wildman–Crippen LogP) is 5.60. The molecule has 2 unspecified atom stereocenters. The van der Waals surface area contributed by atoms with Crippen molar-refractivity contribution in [1.29, 1.82) is 0 Å². The van der Waals surface area contributed by atoms with Crippen molar-refractivity contribution < 1.29 is 14.3 Å². The molecule has 2 heterocycles. The number of nitrogens with zero attached hydrogens (tertiary/aromatic N) is 4. The van der Waals surface area contributed by atoms with Gasteiger partial charge in [-0.15, -0.1) is 5.10 Å². The van der Waals surface area contributed by atoms with E-state index in [-0.39, 0.29) is 30.1 Å². The lowest BCUT2D eigenvalue weighted by Gasteiger charge is -2.34. The normalized spacial score (nSPS) is 15.8. The van der Waals surface area contributed by atoms with E-state index in [0.29, 0.717) is 25.3 Å². The molecule has 0 spiro atoms. The number of aryl methyl sites for hydroxylation is 2. The third-order valence-corrected chi connectivity index (χ3v) is 7.60. The molecule has 4 aromatic rings. The summed E-state index contributed by atoms with van der Waals surface area (Å²) < 4.78 is 7.25. The zero-order valence-corrected chi connectivity index (χ0v) is 22.5. The van der Waals surface area contributed by atoms with Gasteiger partial charge in [-0.1, -0.05) is 54.6 Å². The van der Waals surface area contributed by atoms with Crippen molar-refractivity contribution in [3.8, 4) is 0 Å². The number of rotatable bonds is 7. The van der Waals surface area contributed by atoms with Gasteiger partial charge >= 0.3 is 5.97 Å².